The van der Waals surface area contributed by atoms with Crippen LogP contribution in [0.2, 0.25) is 0 Å². The lowest BCUT2D eigenvalue weighted by molar-refractivity contribution is -0.00439. The number of benzene rings is 1. The molecule has 3 fully saturated rings. The normalized spacial score (nSPS) is 36.4. The maximum atomic E-state index is 13.3. The summed E-state index contributed by atoms with van der Waals surface area (Å²) in [4.78, 5) is 15.8. The van der Waals surface area contributed by atoms with E-state index in [2.05, 4.69) is 4.90 Å². The minimum absolute atomic E-state index is 0.0988. The molecule has 5 rings (SSSR count). The van der Waals surface area contributed by atoms with E-state index in [-0.39, 0.29) is 11.5 Å². The molecule has 0 spiro atoms. The molecule has 1 aromatic carbocycles. The number of fused-ring (bicyclic) bond motifs is 1. The topological polar surface area (TPSA) is 40.5 Å². The first-order valence-corrected chi connectivity index (χ1v) is 9.31. The Morgan fingerprint density at radius 3 is 2.87 bits per heavy atom. The molecule has 1 heterocycles. The van der Waals surface area contributed by atoms with E-state index in [0.29, 0.717) is 17.5 Å². The number of carbonyl (C=O) groups is 1. The lowest BCUT2D eigenvalue weighted by atomic mass is 9.52. The van der Waals surface area contributed by atoms with Crippen LogP contribution in [0.3, 0.4) is 0 Å². The molecular weight excluding hydrogens is 286 g/mol. The number of hydrogen-bond donors (Lipinski definition) is 1. The second-order valence-corrected chi connectivity index (χ2v) is 8.24. The Labute approximate surface area is 137 Å². The van der Waals surface area contributed by atoms with Crippen LogP contribution >= 0.6 is 0 Å². The standard InChI is InChI=1S/C20H25NO2/c22-14-6-7-15-17(11-14)20-8-2-1-3-16(20)18(19(15)23)21(10-9-20)12-13-4-5-13/h6-7,11,13,16,18,22H,1-5,8-10,12H2. The van der Waals surface area contributed by atoms with Crippen LogP contribution in [0.5, 0.6) is 5.75 Å². The smallest absolute Gasteiger partial charge is 0.180 e. The van der Waals surface area contributed by atoms with Crippen LogP contribution in [0.4, 0.5) is 0 Å². The van der Waals surface area contributed by atoms with Gasteiger partial charge in [0.2, 0.25) is 0 Å². The zero-order chi connectivity index (χ0) is 15.6. The van der Waals surface area contributed by atoms with Gasteiger partial charge in [-0.25, -0.2) is 0 Å². The van der Waals surface area contributed by atoms with Gasteiger partial charge in [-0.15, -0.1) is 0 Å². The van der Waals surface area contributed by atoms with Crippen LogP contribution in [0, 0.1) is 11.8 Å². The monoisotopic (exact) mass is 311 g/mol. The maximum Gasteiger partial charge on any atom is 0.180 e. The zero-order valence-corrected chi connectivity index (χ0v) is 13.6. The Kier molecular flexibility index (Phi) is 2.94. The summed E-state index contributed by atoms with van der Waals surface area (Å²) >= 11 is 0. The Morgan fingerprint density at radius 2 is 2.04 bits per heavy atom. The summed E-state index contributed by atoms with van der Waals surface area (Å²) in [7, 11) is 0. The summed E-state index contributed by atoms with van der Waals surface area (Å²) < 4.78 is 0. The predicted octanol–water partition coefficient (Wildman–Crippen LogP) is 3.50. The maximum absolute atomic E-state index is 13.3. The number of aromatic hydroxyl groups is 1. The van der Waals surface area contributed by atoms with E-state index in [9.17, 15) is 9.90 Å². The van der Waals surface area contributed by atoms with Crippen molar-refractivity contribution < 1.29 is 9.90 Å². The molecule has 2 saturated carbocycles. The average molecular weight is 311 g/mol. The molecule has 122 valence electrons. The second kappa shape index (κ2) is 4.83. The molecule has 1 aliphatic heterocycles. The first kappa shape index (κ1) is 14.0. The highest BCUT2D eigenvalue weighted by Crippen LogP contribution is 2.56. The van der Waals surface area contributed by atoms with Gasteiger partial charge >= 0.3 is 0 Å². The molecule has 0 radical (unpaired) electrons. The SMILES string of the molecule is O=C1c2ccc(O)cc2C23CCCCC2C1N(CC1CC1)CC3. The summed E-state index contributed by atoms with van der Waals surface area (Å²) in [5.41, 5.74) is 2.20. The molecule has 23 heavy (non-hydrogen) atoms. The highest BCUT2D eigenvalue weighted by Gasteiger charge is 2.57. The molecule has 1 saturated heterocycles. The number of likely N-dealkylation sites (tertiary alicyclic amines) is 1. The molecule has 4 aliphatic rings. The minimum atomic E-state index is 0.0988. The summed E-state index contributed by atoms with van der Waals surface area (Å²) in [6, 6.07) is 5.57. The van der Waals surface area contributed by atoms with Crippen molar-refractivity contribution in [2.24, 2.45) is 11.8 Å². The number of hydrogen-bond acceptors (Lipinski definition) is 3. The van der Waals surface area contributed by atoms with Gasteiger partial charge in [0.25, 0.3) is 0 Å². The van der Waals surface area contributed by atoms with E-state index >= 15 is 0 Å². The van der Waals surface area contributed by atoms with E-state index in [1.54, 1.807) is 6.07 Å². The van der Waals surface area contributed by atoms with Crippen molar-refractivity contribution in [2.75, 3.05) is 13.1 Å². The Morgan fingerprint density at radius 1 is 1.17 bits per heavy atom. The van der Waals surface area contributed by atoms with E-state index < -0.39 is 0 Å². The minimum Gasteiger partial charge on any atom is -0.508 e. The van der Waals surface area contributed by atoms with Crippen molar-refractivity contribution in [3.63, 3.8) is 0 Å². The quantitative estimate of drug-likeness (QED) is 0.909. The molecule has 3 atom stereocenters. The second-order valence-electron chi connectivity index (χ2n) is 8.24. The predicted molar refractivity (Wildman–Crippen MR) is 88.8 cm³/mol. The lowest BCUT2D eigenvalue weighted by Crippen LogP contribution is -2.63. The van der Waals surface area contributed by atoms with Crippen LogP contribution in [0.25, 0.3) is 0 Å². The van der Waals surface area contributed by atoms with Crippen LogP contribution in [0.15, 0.2) is 18.2 Å². The molecule has 0 aromatic heterocycles. The van der Waals surface area contributed by atoms with Gasteiger partial charge in [-0.2, -0.15) is 0 Å². The fraction of sp³-hybridized carbons (Fsp3) is 0.650. The van der Waals surface area contributed by atoms with Crippen molar-refractivity contribution in [1.29, 1.82) is 0 Å². The van der Waals surface area contributed by atoms with Gasteiger partial charge in [0.05, 0.1) is 6.04 Å². The van der Waals surface area contributed by atoms with Crippen LogP contribution in [-0.2, 0) is 5.41 Å². The van der Waals surface area contributed by atoms with E-state index in [4.69, 9.17) is 0 Å². The van der Waals surface area contributed by atoms with E-state index in [0.717, 1.165) is 36.6 Å². The van der Waals surface area contributed by atoms with Gasteiger partial charge in [-0.1, -0.05) is 12.8 Å². The van der Waals surface area contributed by atoms with Gasteiger partial charge in [-0.3, -0.25) is 9.69 Å². The molecule has 3 heteroatoms. The Bertz CT molecular complexity index is 666. The third-order valence-corrected chi connectivity index (χ3v) is 6.98. The largest absolute Gasteiger partial charge is 0.508 e. The van der Waals surface area contributed by atoms with Crippen LogP contribution in [-0.4, -0.2) is 34.9 Å². The molecule has 1 N–H and O–H groups in total. The number of nitrogens with zero attached hydrogens (tertiary/aromatic N) is 1. The molecule has 0 amide bonds. The van der Waals surface area contributed by atoms with Crippen molar-refractivity contribution >= 4 is 5.78 Å². The summed E-state index contributed by atoms with van der Waals surface area (Å²) in [5.74, 6) is 1.93. The Balaban J connectivity index is 1.64. The number of phenols is 1. The van der Waals surface area contributed by atoms with Crippen molar-refractivity contribution in [2.45, 2.75) is 56.4 Å². The third-order valence-electron chi connectivity index (χ3n) is 6.98. The third kappa shape index (κ3) is 1.95. The highest BCUT2D eigenvalue weighted by atomic mass is 16.3. The number of rotatable bonds is 2. The molecular formula is C20H25NO2. The number of Topliss-reactive ketones (excluding diaryl/α,β-unsaturated/α-hetero) is 1. The van der Waals surface area contributed by atoms with Crippen LogP contribution < -0.4 is 0 Å². The molecule has 1 aromatic rings. The average Bonchev–Trinajstić information content (AvgIpc) is 3.37. The Hall–Kier alpha value is -1.35. The van der Waals surface area contributed by atoms with Gasteiger partial charge in [0.1, 0.15) is 5.75 Å². The summed E-state index contributed by atoms with van der Waals surface area (Å²) in [6.07, 6.45) is 8.72. The number of ketones is 1. The molecule has 2 bridgehead atoms. The van der Waals surface area contributed by atoms with Gasteiger partial charge in [0, 0.05) is 17.5 Å². The first-order valence-electron chi connectivity index (χ1n) is 9.31. The van der Waals surface area contributed by atoms with E-state index in [1.165, 1.54) is 38.5 Å². The van der Waals surface area contributed by atoms with Crippen LogP contribution in [0.1, 0.15) is 60.9 Å². The number of phenolic OH excluding ortho intramolecular Hbond substituents is 1. The summed E-state index contributed by atoms with van der Waals surface area (Å²) in [5, 5.41) is 10.0. The fourth-order valence-electron chi connectivity index (χ4n) is 5.75. The van der Waals surface area contributed by atoms with Crippen molar-refractivity contribution in [3.05, 3.63) is 29.3 Å². The first-order chi connectivity index (χ1) is 11.2. The van der Waals surface area contributed by atoms with Gasteiger partial charge in [0.15, 0.2) is 5.78 Å². The fourth-order valence-corrected chi connectivity index (χ4v) is 5.75. The van der Waals surface area contributed by atoms with Crippen molar-refractivity contribution in [3.8, 4) is 5.75 Å². The van der Waals surface area contributed by atoms with E-state index in [1.807, 2.05) is 12.1 Å². The lowest BCUT2D eigenvalue weighted by Gasteiger charge is -2.58. The highest BCUT2D eigenvalue weighted by molar-refractivity contribution is 6.04. The molecule has 3 aliphatic carbocycles. The van der Waals surface area contributed by atoms with Gasteiger partial charge < -0.3 is 5.11 Å². The zero-order valence-electron chi connectivity index (χ0n) is 13.6. The molecule has 3 nitrogen and oxygen atoms in total. The number of carbonyl (C=O) groups excluding carboxylic acids is 1. The number of piperidine rings is 1. The molecule has 3 unspecified atom stereocenters. The van der Waals surface area contributed by atoms with Gasteiger partial charge in [-0.05, 0) is 74.2 Å². The summed E-state index contributed by atoms with van der Waals surface area (Å²) in [6.45, 7) is 2.18. The van der Waals surface area contributed by atoms with Crippen molar-refractivity contribution in [1.82, 2.24) is 4.90 Å².